The molecule has 0 radical (unpaired) electrons. The number of nitrogens with zero attached hydrogens (tertiary/aromatic N) is 1. The number of nitrogens with one attached hydrogen (secondary N) is 1. The fourth-order valence-corrected chi connectivity index (χ4v) is 4.35. The SMILES string of the molecule is Cc1cccc(-c2nc(CCNS(=O)(=O)c3ccccc3F)cs2)c1. The number of sulfonamides is 1. The largest absolute Gasteiger partial charge is 0.243 e. The molecule has 0 amide bonds. The highest BCUT2D eigenvalue weighted by molar-refractivity contribution is 7.89. The molecule has 0 bridgehead atoms. The summed E-state index contributed by atoms with van der Waals surface area (Å²) in [4.78, 5) is 4.20. The molecule has 1 aromatic heterocycles. The molecule has 25 heavy (non-hydrogen) atoms. The molecule has 0 unspecified atom stereocenters. The molecule has 0 atom stereocenters. The average molecular weight is 376 g/mol. The van der Waals surface area contributed by atoms with Crippen LogP contribution in [0.1, 0.15) is 11.3 Å². The van der Waals surface area contributed by atoms with Crippen LogP contribution in [0.2, 0.25) is 0 Å². The van der Waals surface area contributed by atoms with Gasteiger partial charge in [-0.3, -0.25) is 0 Å². The molecule has 4 nitrogen and oxygen atoms in total. The predicted octanol–water partition coefficient (Wildman–Crippen LogP) is 3.78. The molecule has 2 aromatic carbocycles. The van der Waals surface area contributed by atoms with E-state index in [-0.39, 0.29) is 11.4 Å². The number of hydrogen-bond acceptors (Lipinski definition) is 4. The Morgan fingerprint density at radius 2 is 1.96 bits per heavy atom. The van der Waals surface area contributed by atoms with Crippen LogP contribution >= 0.6 is 11.3 Å². The van der Waals surface area contributed by atoms with Gasteiger partial charge < -0.3 is 0 Å². The summed E-state index contributed by atoms with van der Waals surface area (Å²) in [5, 5.41) is 2.81. The molecule has 3 aromatic rings. The zero-order valence-corrected chi connectivity index (χ0v) is 15.2. The zero-order valence-electron chi connectivity index (χ0n) is 13.6. The first-order chi connectivity index (χ1) is 12.0. The van der Waals surface area contributed by atoms with E-state index in [1.165, 1.54) is 29.5 Å². The standard InChI is InChI=1S/C18H17FN2O2S2/c1-13-5-4-6-14(11-13)18-21-15(12-24-18)9-10-20-25(22,23)17-8-3-2-7-16(17)19/h2-8,11-12,20H,9-10H2,1H3. The van der Waals surface area contributed by atoms with Crippen LogP contribution in [0.4, 0.5) is 4.39 Å². The van der Waals surface area contributed by atoms with Gasteiger partial charge in [-0.2, -0.15) is 0 Å². The maximum Gasteiger partial charge on any atom is 0.243 e. The van der Waals surface area contributed by atoms with E-state index in [1.54, 1.807) is 0 Å². The van der Waals surface area contributed by atoms with Gasteiger partial charge >= 0.3 is 0 Å². The van der Waals surface area contributed by atoms with Crippen molar-refractivity contribution in [3.63, 3.8) is 0 Å². The molecule has 0 spiro atoms. The average Bonchev–Trinajstić information content (AvgIpc) is 3.04. The Labute approximate surface area is 150 Å². The number of thiazole rings is 1. The van der Waals surface area contributed by atoms with Crippen molar-refractivity contribution in [2.45, 2.75) is 18.2 Å². The topological polar surface area (TPSA) is 59.1 Å². The van der Waals surface area contributed by atoms with E-state index in [9.17, 15) is 12.8 Å². The van der Waals surface area contributed by atoms with E-state index in [1.807, 2.05) is 30.5 Å². The fourth-order valence-electron chi connectivity index (χ4n) is 2.39. The molecular formula is C18H17FN2O2S2. The third-order valence-corrected chi connectivity index (χ3v) is 6.05. The van der Waals surface area contributed by atoms with E-state index >= 15 is 0 Å². The van der Waals surface area contributed by atoms with Crippen LogP contribution in [-0.2, 0) is 16.4 Å². The molecule has 1 N–H and O–H groups in total. The van der Waals surface area contributed by atoms with Crippen molar-refractivity contribution >= 4 is 21.4 Å². The van der Waals surface area contributed by atoms with Crippen LogP contribution in [0.3, 0.4) is 0 Å². The summed E-state index contributed by atoms with van der Waals surface area (Å²) in [6.07, 6.45) is 0.440. The van der Waals surface area contributed by atoms with Crippen LogP contribution in [-0.4, -0.2) is 19.9 Å². The lowest BCUT2D eigenvalue weighted by molar-refractivity contribution is 0.557. The van der Waals surface area contributed by atoms with Crippen LogP contribution in [0.15, 0.2) is 58.8 Å². The summed E-state index contributed by atoms with van der Waals surface area (Å²) in [6.45, 7) is 2.18. The maximum atomic E-state index is 13.6. The van der Waals surface area contributed by atoms with Crippen LogP contribution in [0, 0.1) is 12.7 Å². The van der Waals surface area contributed by atoms with Crippen molar-refractivity contribution < 1.29 is 12.8 Å². The minimum atomic E-state index is -3.86. The lowest BCUT2D eigenvalue weighted by Gasteiger charge is -2.06. The molecular weight excluding hydrogens is 359 g/mol. The van der Waals surface area contributed by atoms with Gasteiger partial charge in [0, 0.05) is 23.9 Å². The van der Waals surface area contributed by atoms with Crippen molar-refractivity contribution in [3.05, 3.63) is 71.0 Å². The van der Waals surface area contributed by atoms with Crippen LogP contribution in [0.5, 0.6) is 0 Å². The third-order valence-electron chi connectivity index (χ3n) is 3.62. The molecule has 0 aliphatic rings. The summed E-state index contributed by atoms with van der Waals surface area (Å²) < 4.78 is 40.3. The Balaban J connectivity index is 1.64. The van der Waals surface area contributed by atoms with E-state index in [0.29, 0.717) is 6.42 Å². The Kier molecular flexibility index (Phi) is 5.27. The van der Waals surface area contributed by atoms with Gasteiger partial charge in [0.05, 0.1) is 5.69 Å². The summed E-state index contributed by atoms with van der Waals surface area (Å²) >= 11 is 1.52. The molecule has 0 aliphatic heterocycles. The molecule has 1 heterocycles. The van der Waals surface area contributed by atoms with Crippen molar-refractivity contribution in [2.75, 3.05) is 6.54 Å². The minimum absolute atomic E-state index is 0.160. The first-order valence-corrected chi connectivity index (χ1v) is 10.1. The highest BCUT2D eigenvalue weighted by Crippen LogP contribution is 2.24. The van der Waals surface area contributed by atoms with Crippen molar-refractivity contribution in [2.24, 2.45) is 0 Å². The number of aryl methyl sites for hydroxylation is 1. The third kappa shape index (κ3) is 4.31. The quantitative estimate of drug-likeness (QED) is 0.712. The summed E-state index contributed by atoms with van der Waals surface area (Å²) in [7, 11) is -3.86. The van der Waals surface area contributed by atoms with E-state index < -0.39 is 15.8 Å². The molecule has 0 aliphatic carbocycles. The van der Waals surface area contributed by atoms with Crippen molar-refractivity contribution in [1.29, 1.82) is 0 Å². The second-order valence-corrected chi connectivity index (χ2v) is 8.19. The number of aromatic nitrogens is 1. The second-order valence-electron chi connectivity index (χ2n) is 5.59. The molecule has 0 saturated heterocycles. The number of hydrogen-bond donors (Lipinski definition) is 1. The number of halogens is 1. The smallest absolute Gasteiger partial charge is 0.241 e. The molecule has 0 fully saturated rings. The number of rotatable bonds is 6. The molecule has 0 saturated carbocycles. The highest BCUT2D eigenvalue weighted by atomic mass is 32.2. The predicted molar refractivity (Wildman–Crippen MR) is 97.6 cm³/mol. The Morgan fingerprint density at radius 1 is 1.16 bits per heavy atom. The summed E-state index contributed by atoms with van der Waals surface area (Å²) in [6, 6.07) is 13.4. The van der Waals surface area contributed by atoms with E-state index in [4.69, 9.17) is 0 Å². The monoisotopic (exact) mass is 376 g/mol. The van der Waals surface area contributed by atoms with E-state index in [2.05, 4.69) is 15.8 Å². The van der Waals surface area contributed by atoms with Crippen LogP contribution in [0.25, 0.3) is 10.6 Å². The first kappa shape index (κ1) is 17.7. The van der Waals surface area contributed by atoms with Gasteiger partial charge in [0.15, 0.2) is 0 Å². The molecule has 130 valence electrons. The van der Waals surface area contributed by atoms with Crippen molar-refractivity contribution in [1.82, 2.24) is 9.71 Å². The summed E-state index contributed by atoms with van der Waals surface area (Å²) in [5.74, 6) is -0.759. The molecule has 7 heteroatoms. The number of benzene rings is 2. The van der Waals surface area contributed by atoms with E-state index in [0.717, 1.165) is 27.9 Å². The lowest BCUT2D eigenvalue weighted by Crippen LogP contribution is -2.26. The normalized spacial score (nSPS) is 11.6. The van der Waals surface area contributed by atoms with Gasteiger partial charge in [-0.15, -0.1) is 11.3 Å². The van der Waals surface area contributed by atoms with Gasteiger partial charge in [0.2, 0.25) is 10.0 Å². The van der Waals surface area contributed by atoms with Gasteiger partial charge in [0.1, 0.15) is 15.7 Å². The van der Waals surface area contributed by atoms with Crippen LogP contribution < -0.4 is 4.72 Å². The lowest BCUT2D eigenvalue weighted by atomic mass is 10.1. The second kappa shape index (κ2) is 7.43. The highest BCUT2D eigenvalue weighted by Gasteiger charge is 2.17. The molecule has 3 rings (SSSR count). The van der Waals surface area contributed by atoms with Gasteiger partial charge in [-0.1, -0.05) is 35.9 Å². The van der Waals surface area contributed by atoms with Gasteiger partial charge in [0.25, 0.3) is 0 Å². The summed E-state index contributed by atoms with van der Waals surface area (Å²) in [5.41, 5.74) is 3.01. The minimum Gasteiger partial charge on any atom is -0.241 e. The Hall–Kier alpha value is -2.09. The Morgan fingerprint density at radius 3 is 2.72 bits per heavy atom. The zero-order chi connectivity index (χ0) is 17.9. The van der Waals surface area contributed by atoms with Gasteiger partial charge in [-0.25, -0.2) is 22.5 Å². The first-order valence-electron chi connectivity index (χ1n) is 7.71. The van der Waals surface area contributed by atoms with Crippen molar-refractivity contribution in [3.8, 4) is 10.6 Å². The van der Waals surface area contributed by atoms with Gasteiger partial charge in [-0.05, 0) is 25.1 Å². The fraction of sp³-hybridized carbons (Fsp3) is 0.167. The maximum absolute atomic E-state index is 13.6. The Bertz CT molecular complexity index is 984.